The molecule has 2 aliphatic rings. The first-order chi connectivity index (χ1) is 7.09. The van der Waals surface area contributed by atoms with Gasteiger partial charge in [-0.2, -0.15) is 0 Å². The summed E-state index contributed by atoms with van der Waals surface area (Å²) >= 11 is 0. The molecule has 0 aromatic rings. The number of hydrogen-bond acceptors (Lipinski definition) is 2. The summed E-state index contributed by atoms with van der Waals surface area (Å²) in [6.07, 6.45) is 4.14. The smallest absolute Gasteiger partial charge is 0.323 e. The zero-order valence-electron chi connectivity index (χ0n) is 9.03. The van der Waals surface area contributed by atoms with Gasteiger partial charge in [0, 0.05) is 12.5 Å². The molecule has 1 spiro atoms. The molecule has 0 heterocycles. The molecule has 2 fully saturated rings. The Morgan fingerprint density at radius 1 is 1.47 bits per heavy atom. The van der Waals surface area contributed by atoms with Gasteiger partial charge < -0.3 is 10.0 Å². The first kappa shape index (κ1) is 10.5. The van der Waals surface area contributed by atoms with Crippen molar-refractivity contribution in [1.82, 2.24) is 4.90 Å². The Labute approximate surface area is 89.3 Å². The molecule has 4 heteroatoms. The van der Waals surface area contributed by atoms with Gasteiger partial charge in [0.1, 0.15) is 6.54 Å². The van der Waals surface area contributed by atoms with Gasteiger partial charge in [0.25, 0.3) is 0 Å². The summed E-state index contributed by atoms with van der Waals surface area (Å²) in [7, 11) is 0. The molecule has 1 atom stereocenters. The van der Waals surface area contributed by atoms with E-state index >= 15 is 0 Å². The summed E-state index contributed by atoms with van der Waals surface area (Å²) < 4.78 is 0. The molecule has 0 aromatic carbocycles. The Hall–Kier alpha value is -1.06. The van der Waals surface area contributed by atoms with Gasteiger partial charge in [0.15, 0.2) is 0 Å². The van der Waals surface area contributed by atoms with E-state index in [4.69, 9.17) is 5.11 Å². The van der Waals surface area contributed by atoms with Crippen molar-refractivity contribution in [2.75, 3.05) is 13.1 Å². The third-order valence-electron chi connectivity index (χ3n) is 3.51. The number of nitrogens with zero attached hydrogens (tertiary/aromatic N) is 1. The van der Waals surface area contributed by atoms with Crippen molar-refractivity contribution in [1.29, 1.82) is 0 Å². The summed E-state index contributed by atoms with van der Waals surface area (Å²) in [5, 5.41) is 8.71. The number of amides is 1. The van der Waals surface area contributed by atoms with Gasteiger partial charge in [-0.15, -0.1) is 0 Å². The van der Waals surface area contributed by atoms with Crippen LogP contribution in [0.3, 0.4) is 0 Å². The fourth-order valence-corrected chi connectivity index (χ4v) is 2.33. The van der Waals surface area contributed by atoms with Crippen molar-refractivity contribution in [3.05, 3.63) is 0 Å². The van der Waals surface area contributed by atoms with Crippen molar-refractivity contribution in [2.45, 2.75) is 32.6 Å². The van der Waals surface area contributed by atoms with E-state index in [9.17, 15) is 9.59 Å². The Kier molecular flexibility index (Phi) is 2.44. The van der Waals surface area contributed by atoms with Crippen LogP contribution in [0.4, 0.5) is 0 Å². The molecule has 84 valence electrons. The van der Waals surface area contributed by atoms with Crippen molar-refractivity contribution < 1.29 is 14.7 Å². The summed E-state index contributed by atoms with van der Waals surface area (Å²) in [5.41, 5.74) is 0.321. The van der Waals surface area contributed by atoms with Crippen molar-refractivity contribution in [3.63, 3.8) is 0 Å². The Balaban J connectivity index is 1.91. The molecule has 1 amide bonds. The molecular weight excluding hydrogens is 194 g/mol. The minimum Gasteiger partial charge on any atom is -0.480 e. The van der Waals surface area contributed by atoms with Crippen LogP contribution in [0.1, 0.15) is 32.6 Å². The average Bonchev–Trinajstić information content (AvgIpc) is 3.05. The lowest BCUT2D eigenvalue weighted by atomic mass is 10.2. The summed E-state index contributed by atoms with van der Waals surface area (Å²) in [4.78, 5) is 24.1. The van der Waals surface area contributed by atoms with Crippen molar-refractivity contribution in [2.24, 2.45) is 11.3 Å². The van der Waals surface area contributed by atoms with E-state index in [0.29, 0.717) is 12.0 Å². The number of carboxylic acid groups (broad SMARTS) is 1. The molecule has 0 saturated heterocycles. The molecule has 0 aromatic heterocycles. The number of hydrogen-bond donors (Lipinski definition) is 1. The van der Waals surface area contributed by atoms with Crippen LogP contribution < -0.4 is 0 Å². The molecule has 2 aliphatic carbocycles. The highest BCUT2D eigenvalue weighted by Crippen LogP contribution is 2.70. The maximum Gasteiger partial charge on any atom is 0.323 e. The van der Waals surface area contributed by atoms with Crippen LogP contribution in [0.5, 0.6) is 0 Å². The van der Waals surface area contributed by atoms with Crippen LogP contribution >= 0.6 is 0 Å². The number of rotatable bonds is 5. The molecule has 4 nitrogen and oxygen atoms in total. The Morgan fingerprint density at radius 3 is 2.53 bits per heavy atom. The Bertz CT molecular complexity index is 296. The molecule has 15 heavy (non-hydrogen) atoms. The lowest BCUT2D eigenvalue weighted by Gasteiger charge is -2.19. The molecule has 0 radical (unpaired) electrons. The molecule has 0 aliphatic heterocycles. The number of carboxylic acids is 1. The third kappa shape index (κ3) is 1.98. The van der Waals surface area contributed by atoms with Crippen LogP contribution in [0.15, 0.2) is 0 Å². The van der Waals surface area contributed by atoms with Crippen LogP contribution in [0.2, 0.25) is 0 Å². The largest absolute Gasteiger partial charge is 0.480 e. The van der Waals surface area contributed by atoms with Crippen LogP contribution in [-0.4, -0.2) is 35.0 Å². The van der Waals surface area contributed by atoms with Crippen molar-refractivity contribution >= 4 is 11.9 Å². The van der Waals surface area contributed by atoms with E-state index in [2.05, 4.69) is 0 Å². The number of carbonyl (C=O) groups excluding carboxylic acids is 1. The predicted molar refractivity (Wildman–Crippen MR) is 54.3 cm³/mol. The number of aliphatic carboxylic acids is 1. The maximum absolute atomic E-state index is 11.9. The Morgan fingerprint density at radius 2 is 2.13 bits per heavy atom. The second-order valence-electron chi connectivity index (χ2n) is 4.77. The fraction of sp³-hybridized carbons (Fsp3) is 0.818. The van der Waals surface area contributed by atoms with Crippen LogP contribution in [0.25, 0.3) is 0 Å². The minimum absolute atomic E-state index is 0.0664. The SMILES string of the molecule is CCCN(CC(=O)O)C(=O)C1CC12CC2. The second-order valence-corrected chi connectivity index (χ2v) is 4.77. The summed E-state index contributed by atoms with van der Waals surface area (Å²) in [6.45, 7) is 2.39. The molecular formula is C11H17NO3. The predicted octanol–water partition coefficient (Wildman–Crippen LogP) is 1.11. The molecule has 2 rings (SSSR count). The highest BCUT2D eigenvalue weighted by atomic mass is 16.4. The highest BCUT2D eigenvalue weighted by molar-refractivity contribution is 5.86. The van der Waals surface area contributed by atoms with E-state index in [1.165, 1.54) is 4.90 Å². The lowest BCUT2D eigenvalue weighted by Crippen LogP contribution is -2.37. The fourth-order valence-electron chi connectivity index (χ4n) is 2.33. The van der Waals surface area contributed by atoms with E-state index in [1.807, 2.05) is 6.92 Å². The normalized spacial score (nSPS) is 25.0. The lowest BCUT2D eigenvalue weighted by molar-refractivity contribution is -0.145. The van der Waals surface area contributed by atoms with Gasteiger partial charge in [0.2, 0.25) is 5.91 Å². The van der Waals surface area contributed by atoms with E-state index < -0.39 is 5.97 Å². The van der Waals surface area contributed by atoms with Gasteiger partial charge in [-0.3, -0.25) is 9.59 Å². The zero-order valence-corrected chi connectivity index (χ0v) is 9.03. The minimum atomic E-state index is -0.915. The topological polar surface area (TPSA) is 57.6 Å². The quantitative estimate of drug-likeness (QED) is 0.741. The maximum atomic E-state index is 11.9. The van der Waals surface area contributed by atoms with Gasteiger partial charge in [-0.05, 0) is 31.1 Å². The molecule has 2 saturated carbocycles. The van der Waals surface area contributed by atoms with E-state index in [-0.39, 0.29) is 18.4 Å². The number of carbonyl (C=O) groups is 2. The first-order valence-electron chi connectivity index (χ1n) is 5.59. The monoisotopic (exact) mass is 211 g/mol. The van der Waals surface area contributed by atoms with Gasteiger partial charge in [-0.1, -0.05) is 6.92 Å². The molecule has 1 unspecified atom stereocenters. The highest BCUT2D eigenvalue weighted by Gasteiger charge is 2.66. The van der Waals surface area contributed by atoms with E-state index in [1.54, 1.807) is 0 Å². The zero-order chi connectivity index (χ0) is 11.1. The molecule has 1 N–H and O–H groups in total. The molecule has 0 bridgehead atoms. The summed E-state index contributed by atoms with van der Waals surface area (Å²) in [6, 6.07) is 0. The van der Waals surface area contributed by atoms with E-state index in [0.717, 1.165) is 25.7 Å². The van der Waals surface area contributed by atoms with Crippen LogP contribution in [-0.2, 0) is 9.59 Å². The van der Waals surface area contributed by atoms with Gasteiger partial charge >= 0.3 is 5.97 Å². The second kappa shape index (κ2) is 3.51. The average molecular weight is 211 g/mol. The van der Waals surface area contributed by atoms with Crippen molar-refractivity contribution in [3.8, 4) is 0 Å². The standard InChI is InChI=1S/C11H17NO3/c1-2-5-12(7-9(13)14)10(15)8-6-11(8)3-4-11/h8H,2-7H2,1H3,(H,13,14). The summed E-state index contributed by atoms with van der Waals surface area (Å²) in [5.74, 6) is -0.706. The van der Waals surface area contributed by atoms with Gasteiger partial charge in [0.05, 0.1) is 0 Å². The van der Waals surface area contributed by atoms with Gasteiger partial charge in [-0.25, -0.2) is 0 Å². The van der Waals surface area contributed by atoms with Crippen LogP contribution in [0, 0.1) is 11.3 Å². The first-order valence-corrected chi connectivity index (χ1v) is 5.59. The third-order valence-corrected chi connectivity index (χ3v) is 3.51.